The average molecular weight is 461 g/mol. The lowest BCUT2D eigenvalue weighted by atomic mass is 10.1. The van der Waals surface area contributed by atoms with Crippen molar-refractivity contribution in [1.29, 1.82) is 0 Å². The van der Waals surface area contributed by atoms with Gasteiger partial charge in [0, 0.05) is 32.7 Å². The molecule has 3 rings (SSSR count). The molecule has 172 valence electrons. The van der Waals surface area contributed by atoms with Crippen molar-refractivity contribution in [2.24, 2.45) is 0 Å². The van der Waals surface area contributed by atoms with E-state index in [2.05, 4.69) is 4.90 Å². The van der Waals surface area contributed by atoms with Crippen molar-refractivity contribution in [1.82, 2.24) is 4.31 Å². The summed E-state index contributed by atoms with van der Waals surface area (Å²) in [7, 11) is 0.623. The zero-order valence-corrected chi connectivity index (χ0v) is 19.4. The number of ether oxygens (including phenoxy) is 2. The Morgan fingerprint density at radius 1 is 1.03 bits per heavy atom. The van der Waals surface area contributed by atoms with Gasteiger partial charge >= 0.3 is 5.97 Å². The largest absolute Gasteiger partial charge is 0.497 e. The molecule has 2 aromatic carbocycles. The molecular formula is C23H28N2O6S. The monoisotopic (exact) mass is 460 g/mol. The van der Waals surface area contributed by atoms with Crippen molar-refractivity contribution >= 4 is 27.5 Å². The number of carbonyl (C=O) groups excluding carboxylic acids is 2. The molecule has 1 saturated heterocycles. The van der Waals surface area contributed by atoms with Crippen LogP contribution in [0.1, 0.15) is 40.0 Å². The Bertz CT molecular complexity index is 1090. The number of sulfonamides is 1. The average Bonchev–Trinajstić information content (AvgIpc) is 2.82. The van der Waals surface area contributed by atoms with Crippen molar-refractivity contribution in [3.63, 3.8) is 0 Å². The maximum Gasteiger partial charge on any atom is 0.340 e. The molecule has 1 fully saturated rings. The molecule has 0 spiro atoms. The van der Waals surface area contributed by atoms with E-state index in [1.54, 1.807) is 30.3 Å². The Hall–Kier alpha value is -2.91. The zero-order chi connectivity index (χ0) is 23.3. The number of hydrogen-bond acceptors (Lipinski definition) is 7. The molecule has 0 saturated carbocycles. The lowest BCUT2D eigenvalue weighted by molar-refractivity contribution is 0.0475. The smallest absolute Gasteiger partial charge is 0.340 e. The summed E-state index contributed by atoms with van der Waals surface area (Å²) in [4.78, 5) is 27.5. The fourth-order valence-corrected chi connectivity index (χ4v) is 4.48. The van der Waals surface area contributed by atoms with E-state index in [0.29, 0.717) is 17.0 Å². The zero-order valence-electron chi connectivity index (χ0n) is 18.5. The van der Waals surface area contributed by atoms with E-state index in [1.165, 1.54) is 33.3 Å². The second kappa shape index (κ2) is 10.1. The van der Waals surface area contributed by atoms with Crippen LogP contribution in [-0.4, -0.2) is 65.4 Å². The van der Waals surface area contributed by atoms with Crippen molar-refractivity contribution < 1.29 is 27.5 Å². The first-order valence-electron chi connectivity index (χ1n) is 10.4. The van der Waals surface area contributed by atoms with E-state index in [0.717, 1.165) is 36.7 Å². The van der Waals surface area contributed by atoms with Gasteiger partial charge in [-0.3, -0.25) is 4.79 Å². The van der Waals surface area contributed by atoms with Gasteiger partial charge in [-0.1, -0.05) is 12.1 Å². The van der Waals surface area contributed by atoms with Gasteiger partial charge in [-0.15, -0.1) is 0 Å². The van der Waals surface area contributed by atoms with Crippen molar-refractivity contribution in [2.75, 3.05) is 45.8 Å². The van der Waals surface area contributed by atoms with Crippen LogP contribution in [0.15, 0.2) is 47.4 Å². The molecule has 0 bridgehead atoms. The van der Waals surface area contributed by atoms with Crippen LogP contribution in [0.3, 0.4) is 0 Å². The van der Waals surface area contributed by atoms with Crippen LogP contribution in [0, 0.1) is 0 Å². The van der Waals surface area contributed by atoms with Crippen LogP contribution in [0.5, 0.6) is 5.75 Å². The Balaban J connectivity index is 1.87. The Kier molecular flexibility index (Phi) is 7.52. The third-order valence-corrected chi connectivity index (χ3v) is 7.20. The van der Waals surface area contributed by atoms with Gasteiger partial charge in [-0.2, -0.15) is 0 Å². The summed E-state index contributed by atoms with van der Waals surface area (Å²) in [6.45, 7) is 1.07. The molecular weight excluding hydrogens is 432 g/mol. The number of esters is 1. The number of anilines is 1. The van der Waals surface area contributed by atoms with Crippen LogP contribution in [0.4, 0.5) is 5.69 Å². The second-order valence-corrected chi connectivity index (χ2v) is 9.90. The molecule has 32 heavy (non-hydrogen) atoms. The highest BCUT2D eigenvalue weighted by Crippen LogP contribution is 2.28. The minimum absolute atomic E-state index is 0.00525. The third-order valence-electron chi connectivity index (χ3n) is 5.39. The summed E-state index contributed by atoms with van der Waals surface area (Å²) in [5, 5.41) is 0. The number of carbonyl (C=O) groups is 2. The quantitative estimate of drug-likeness (QED) is 0.442. The normalized spacial score (nSPS) is 14.3. The molecule has 1 aliphatic rings. The number of rotatable bonds is 8. The van der Waals surface area contributed by atoms with Crippen LogP contribution in [-0.2, 0) is 14.8 Å². The number of nitrogens with zero attached hydrogens (tertiary/aromatic N) is 2. The highest BCUT2D eigenvalue weighted by Gasteiger charge is 2.25. The van der Waals surface area contributed by atoms with Crippen molar-refractivity contribution in [3.05, 3.63) is 53.6 Å². The summed E-state index contributed by atoms with van der Waals surface area (Å²) in [5.41, 5.74) is 1.10. The van der Waals surface area contributed by atoms with Gasteiger partial charge in [-0.05, 0) is 49.6 Å². The minimum atomic E-state index is -3.74. The van der Waals surface area contributed by atoms with Gasteiger partial charge < -0.3 is 14.4 Å². The first-order valence-corrected chi connectivity index (χ1v) is 11.8. The standard InChI is InChI=1S/C23H28N2O6S/c1-24(2)32(28,29)19-10-11-21(25-12-5-4-6-13-25)20(15-19)23(27)31-16-22(26)17-8-7-9-18(14-17)30-3/h7-11,14-15H,4-6,12-13,16H2,1-3H3. The van der Waals surface area contributed by atoms with Crippen molar-refractivity contribution in [2.45, 2.75) is 24.2 Å². The molecule has 0 amide bonds. The van der Waals surface area contributed by atoms with Crippen LogP contribution in [0.2, 0.25) is 0 Å². The molecule has 0 aliphatic carbocycles. The van der Waals surface area contributed by atoms with E-state index < -0.39 is 22.6 Å². The molecule has 0 aromatic heterocycles. The summed E-state index contributed by atoms with van der Waals surface area (Å²) in [6.07, 6.45) is 3.08. The molecule has 9 heteroatoms. The first-order chi connectivity index (χ1) is 15.2. The Morgan fingerprint density at radius 2 is 1.75 bits per heavy atom. The number of methoxy groups -OCH3 is 1. The minimum Gasteiger partial charge on any atom is -0.497 e. The lowest BCUT2D eigenvalue weighted by Crippen LogP contribution is -2.31. The fourth-order valence-electron chi connectivity index (χ4n) is 3.55. The van der Waals surface area contributed by atoms with Crippen LogP contribution >= 0.6 is 0 Å². The van der Waals surface area contributed by atoms with E-state index in [4.69, 9.17) is 9.47 Å². The number of benzene rings is 2. The predicted molar refractivity (Wildman–Crippen MR) is 121 cm³/mol. The van der Waals surface area contributed by atoms with Crippen molar-refractivity contribution in [3.8, 4) is 5.75 Å². The number of piperidine rings is 1. The molecule has 8 nitrogen and oxygen atoms in total. The molecule has 0 radical (unpaired) electrons. The topological polar surface area (TPSA) is 93.2 Å². The van der Waals surface area contributed by atoms with Gasteiger partial charge in [0.2, 0.25) is 10.0 Å². The summed E-state index contributed by atoms with van der Waals surface area (Å²) in [5.74, 6) is -0.595. The second-order valence-electron chi connectivity index (χ2n) is 7.75. The number of Topliss-reactive ketones (excluding diaryl/α,β-unsaturated/α-hetero) is 1. The molecule has 1 heterocycles. The van der Waals surface area contributed by atoms with Gasteiger partial charge in [-0.25, -0.2) is 17.5 Å². The Labute approximate surface area is 188 Å². The van der Waals surface area contributed by atoms with Crippen LogP contribution in [0.25, 0.3) is 0 Å². The third kappa shape index (κ3) is 5.28. The number of ketones is 1. The summed E-state index contributed by atoms with van der Waals surface area (Å²) in [6, 6.07) is 11.0. The highest BCUT2D eigenvalue weighted by atomic mass is 32.2. The lowest BCUT2D eigenvalue weighted by Gasteiger charge is -2.30. The van der Waals surface area contributed by atoms with Gasteiger partial charge in [0.15, 0.2) is 12.4 Å². The van der Waals surface area contributed by atoms with E-state index in [1.807, 2.05) is 0 Å². The van der Waals surface area contributed by atoms with Gasteiger partial charge in [0.1, 0.15) is 5.75 Å². The van der Waals surface area contributed by atoms with E-state index in [9.17, 15) is 18.0 Å². The molecule has 0 atom stereocenters. The SMILES string of the molecule is COc1cccc(C(=O)COC(=O)c2cc(S(=O)(=O)N(C)C)ccc2N2CCCCC2)c1. The summed E-state index contributed by atoms with van der Waals surface area (Å²) >= 11 is 0. The summed E-state index contributed by atoms with van der Waals surface area (Å²) < 4.78 is 36.7. The Morgan fingerprint density at radius 3 is 2.41 bits per heavy atom. The molecule has 1 aliphatic heterocycles. The van der Waals surface area contributed by atoms with Gasteiger partial charge in [0.05, 0.1) is 23.3 Å². The maximum atomic E-state index is 13.0. The van der Waals surface area contributed by atoms with Crippen LogP contribution < -0.4 is 9.64 Å². The molecule has 0 unspecified atom stereocenters. The fraction of sp³-hybridized carbons (Fsp3) is 0.391. The molecule has 2 aromatic rings. The first kappa shape index (κ1) is 23.7. The van der Waals surface area contributed by atoms with E-state index in [-0.39, 0.29) is 16.2 Å². The maximum absolute atomic E-state index is 13.0. The number of hydrogen-bond donors (Lipinski definition) is 0. The van der Waals surface area contributed by atoms with Gasteiger partial charge in [0.25, 0.3) is 0 Å². The van der Waals surface area contributed by atoms with E-state index >= 15 is 0 Å². The predicted octanol–water partition coefficient (Wildman–Crippen LogP) is 2.98. The molecule has 0 N–H and O–H groups in total. The highest BCUT2D eigenvalue weighted by molar-refractivity contribution is 7.89.